The molecule has 6 nitrogen and oxygen atoms in total. The number of ether oxygens (including phenoxy) is 6. The van der Waals surface area contributed by atoms with Gasteiger partial charge >= 0.3 is 0 Å². The van der Waals surface area contributed by atoms with Gasteiger partial charge in [0.1, 0.15) is 48.4 Å². The molecule has 2 saturated heterocycles. The highest BCUT2D eigenvalue weighted by atomic mass is 19.2. The van der Waals surface area contributed by atoms with Crippen molar-refractivity contribution >= 4 is 0 Å². The minimum Gasteiger partial charge on any atom is -0.491 e. The van der Waals surface area contributed by atoms with E-state index in [0.29, 0.717) is 37.9 Å². The van der Waals surface area contributed by atoms with Crippen LogP contribution in [-0.2, 0) is 9.47 Å². The van der Waals surface area contributed by atoms with E-state index in [-0.39, 0.29) is 23.7 Å². The van der Waals surface area contributed by atoms with Crippen LogP contribution >= 0.6 is 0 Å². The van der Waals surface area contributed by atoms with Crippen LogP contribution in [0.2, 0.25) is 0 Å². The summed E-state index contributed by atoms with van der Waals surface area (Å²) in [6, 6.07) is 11.6. The van der Waals surface area contributed by atoms with E-state index in [4.69, 9.17) is 28.4 Å². The molecule has 2 aliphatic heterocycles. The standard InChI is InChI=1S/C24H18F4O6/c25-19-21(27)24(34-16-6-2-4-14(8-16)30-10-18-12-32-18)22(28)20(26)23(19)33-15-5-1-3-13(7-15)29-9-17-11-31-17/h1-8,17-18H,9-12H2/t17-,18+. The second kappa shape index (κ2) is 9.40. The monoisotopic (exact) mass is 478 g/mol. The molecule has 3 aromatic rings. The fourth-order valence-electron chi connectivity index (χ4n) is 2.97. The number of epoxide rings is 2. The lowest BCUT2D eigenvalue weighted by molar-refractivity contribution is 0.261. The van der Waals surface area contributed by atoms with Crippen LogP contribution < -0.4 is 18.9 Å². The molecule has 2 heterocycles. The van der Waals surface area contributed by atoms with Crippen LogP contribution in [0.25, 0.3) is 0 Å². The highest BCUT2D eigenvalue weighted by Gasteiger charge is 2.29. The van der Waals surface area contributed by atoms with Crippen molar-refractivity contribution in [2.24, 2.45) is 0 Å². The SMILES string of the molecule is Fc1c(F)c(Oc2cccc(OC[C@H]3CO3)c2)c(F)c(F)c1Oc1cccc(OC[C@@H]2CO2)c1. The summed E-state index contributed by atoms with van der Waals surface area (Å²) in [4.78, 5) is 0. The average Bonchev–Trinajstić information content (AvgIpc) is 3.76. The molecular weight excluding hydrogens is 460 g/mol. The molecule has 2 aliphatic rings. The molecule has 0 unspecified atom stereocenters. The van der Waals surface area contributed by atoms with Gasteiger partial charge in [0.15, 0.2) is 0 Å². The van der Waals surface area contributed by atoms with Gasteiger partial charge in [-0.1, -0.05) is 12.1 Å². The number of hydrogen-bond acceptors (Lipinski definition) is 6. The van der Waals surface area contributed by atoms with Gasteiger partial charge in [0.25, 0.3) is 0 Å². The van der Waals surface area contributed by atoms with E-state index >= 15 is 0 Å². The normalized spacial score (nSPS) is 18.4. The van der Waals surface area contributed by atoms with Crippen molar-refractivity contribution in [3.8, 4) is 34.5 Å². The Labute approximate surface area is 191 Å². The lowest BCUT2D eigenvalue weighted by atomic mass is 10.2. The molecule has 2 atom stereocenters. The second-order valence-electron chi connectivity index (χ2n) is 7.60. The minimum absolute atomic E-state index is 0.00494. The third-order valence-corrected chi connectivity index (χ3v) is 4.91. The van der Waals surface area contributed by atoms with Gasteiger partial charge in [0, 0.05) is 12.1 Å². The zero-order chi connectivity index (χ0) is 23.7. The van der Waals surface area contributed by atoms with E-state index in [1.165, 1.54) is 36.4 Å². The number of hydrogen-bond donors (Lipinski definition) is 0. The van der Waals surface area contributed by atoms with E-state index in [2.05, 4.69) is 0 Å². The molecule has 0 bridgehead atoms. The predicted octanol–water partition coefficient (Wildman–Crippen LogP) is 5.38. The first-order valence-electron chi connectivity index (χ1n) is 10.4. The molecule has 0 amide bonds. The van der Waals surface area contributed by atoms with Crippen LogP contribution in [0.3, 0.4) is 0 Å². The maximum atomic E-state index is 14.7. The molecule has 0 saturated carbocycles. The third-order valence-electron chi connectivity index (χ3n) is 4.91. The van der Waals surface area contributed by atoms with Crippen molar-refractivity contribution in [1.29, 1.82) is 0 Å². The molecule has 0 N–H and O–H groups in total. The minimum atomic E-state index is -1.75. The molecule has 5 rings (SSSR count). The summed E-state index contributed by atoms with van der Waals surface area (Å²) in [5.41, 5.74) is 0. The molecule has 10 heteroatoms. The molecule has 3 aromatic carbocycles. The van der Waals surface area contributed by atoms with Gasteiger partial charge in [-0.2, -0.15) is 17.6 Å². The molecule has 178 valence electrons. The third kappa shape index (κ3) is 5.18. The average molecular weight is 478 g/mol. The molecule has 2 fully saturated rings. The van der Waals surface area contributed by atoms with Crippen molar-refractivity contribution in [2.75, 3.05) is 26.4 Å². The fourth-order valence-corrected chi connectivity index (χ4v) is 2.97. The molecule has 34 heavy (non-hydrogen) atoms. The van der Waals surface area contributed by atoms with E-state index in [1.807, 2.05) is 0 Å². The molecule has 0 radical (unpaired) electrons. The zero-order valence-electron chi connectivity index (χ0n) is 17.6. The Balaban J connectivity index is 1.35. The van der Waals surface area contributed by atoms with Crippen LogP contribution in [0.5, 0.6) is 34.5 Å². The van der Waals surface area contributed by atoms with Gasteiger partial charge in [0.2, 0.25) is 34.8 Å². The molecule has 0 aliphatic carbocycles. The Bertz CT molecular complexity index is 1070. The van der Waals surface area contributed by atoms with E-state index < -0.39 is 34.8 Å². The quantitative estimate of drug-likeness (QED) is 0.222. The Kier molecular flexibility index (Phi) is 6.16. The number of rotatable bonds is 10. The van der Waals surface area contributed by atoms with Crippen LogP contribution in [0.15, 0.2) is 48.5 Å². The van der Waals surface area contributed by atoms with E-state index in [1.54, 1.807) is 12.1 Å². The summed E-state index contributed by atoms with van der Waals surface area (Å²) in [6.45, 7) is 1.77. The Hall–Kier alpha value is -3.50. The summed E-state index contributed by atoms with van der Waals surface area (Å²) < 4.78 is 90.0. The molecule has 0 spiro atoms. The van der Waals surface area contributed by atoms with Gasteiger partial charge in [0.05, 0.1) is 13.2 Å². The topological polar surface area (TPSA) is 62.0 Å². The summed E-state index contributed by atoms with van der Waals surface area (Å²) in [5.74, 6) is -8.95. The largest absolute Gasteiger partial charge is 0.491 e. The van der Waals surface area contributed by atoms with Gasteiger partial charge in [-0.3, -0.25) is 0 Å². The zero-order valence-corrected chi connectivity index (χ0v) is 17.6. The summed E-state index contributed by atoms with van der Waals surface area (Å²) in [7, 11) is 0. The van der Waals surface area contributed by atoms with E-state index in [9.17, 15) is 17.6 Å². The van der Waals surface area contributed by atoms with Crippen LogP contribution in [0.1, 0.15) is 0 Å². The molecular formula is C24H18F4O6. The van der Waals surface area contributed by atoms with Crippen molar-refractivity contribution in [3.63, 3.8) is 0 Å². The maximum absolute atomic E-state index is 14.7. The lowest BCUT2D eigenvalue weighted by Crippen LogP contribution is -2.05. The first kappa shape index (κ1) is 22.3. The summed E-state index contributed by atoms with van der Waals surface area (Å²) >= 11 is 0. The fraction of sp³-hybridized carbons (Fsp3) is 0.250. The van der Waals surface area contributed by atoms with Crippen molar-refractivity contribution in [3.05, 3.63) is 71.8 Å². The van der Waals surface area contributed by atoms with Crippen LogP contribution in [0.4, 0.5) is 17.6 Å². The Morgan fingerprint density at radius 3 is 1.32 bits per heavy atom. The van der Waals surface area contributed by atoms with Gasteiger partial charge in [-0.15, -0.1) is 0 Å². The van der Waals surface area contributed by atoms with Crippen molar-refractivity contribution < 1.29 is 46.0 Å². The second-order valence-corrected chi connectivity index (χ2v) is 7.60. The first-order chi connectivity index (χ1) is 16.5. The highest BCUT2D eigenvalue weighted by molar-refractivity contribution is 5.44. The first-order valence-corrected chi connectivity index (χ1v) is 10.4. The lowest BCUT2D eigenvalue weighted by Gasteiger charge is -2.14. The van der Waals surface area contributed by atoms with Crippen LogP contribution in [0, 0.1) is 23.3 Å². The van der Waals surface area contributed by atoms with Crippen molar-refractivity contribution in [2.45, 2.75) is 12.2 Å². The smallest absolute Gasteiger partial charge is 0.208 e. The Morgan fingerprint density at radius 1 is 0.618 bits per heavy atom. The number of halogens is 4. The van der Waals surface area contributed by atoms with Gasteiger partial charge in [-0.05, 0) is 24.3 Å². The van der Waals surface area contributed by atoms with Crippen molar-refractivity contribution in [1.82, 2.24) is 0 Å². The van der Waals surface area contributed by atoms with Gasteiger partial charge in [-0.25, -0.2) is 0 Å². The van der Waals surface area contributed by atoms with Crippen LogP contribution in [-0.4, -0.2) is 38.6 Å². The highest BCUT2D eigenvalue weighted by Crippen LogP contribution is 2.39. The van der Waals surface area contributed by atoms with E-state index in [0.717, 1.165) is 0 Å². The maximum Gasteiger partial charge on any atom is 0.208 e. The molecule has 0 aromatic heterocycles. The van der Waals surface area contributed by atoms with Gasteiger partial charge < -0.3 is 28.4 Å². The Morgan fingerprint density at radius 2 is 0.971 bits per heavy atom. The summed E-state index contributed by atoms with van der Waals surface area (Å²) in [5, 5.41) is 0. The summed E-state index contributed by atoms with van der Waals surface area (Å²) in [6.07, 6.45) is -0.00987. The number of benzene rings is 3. The predicted molar refractivity (Wildman–Crippen MR) is 110 cm³/mol.